The van der Waals surface area contributed by atoms with Crippen LogP contribution >= 0.6 is 0 Å². The Kier molecular flexibility index (Phi) is 6.40. The Morgan fingerprint density at radius 2 is 1.61 bits per heavy atom. The molecule has 0 saturated heterocycles. The average Bonchev–Trinajstić information content (AvgIpc) is 2.57. The van der Waals surface area contributed by atoms with Gasteiger partial charge in [-0.1, -0.05) is 6.07 Å². The third kappa shape index (κ3) is 4.00. The smallest absolute Gasteiger partial charge is 0.307 e. The average molecular weight is 407 g/mol. The molecule has 2 aromatic carbocycles. The first kappa shape index (κ1) is 22.2. The van der Waals surface area contributed by atoms with E-state index in [2.05, 4.69) is 10.2 Å². The summed E-state index contributed by atoms with van der Waals surface area (Å²) in [4.78, 5) is 11.9. The van der Waals surface area contributed by atoms with Crippen molar-refractivity contribution in [3.63, 3.8) is 0 Å². The molecule has 3 nitrogen and oxygen atoms in total. The maximum Gasteiger partial charge on any atom is 0.307 e. The van der Waals surface area contributed by atoms with Crippen LogP contribution < -0.4 is 5.73 Å². The lowest BCUT2D eigenvalue weighted by Gasteiger charge is -2.27. The minimum absolute atomic E-state index is 0.0275. The van der Waals surface area contributed by atoms with E-state index in [4.69, 9.17) is 10.5 Å². The van der Waals surface area contributed by atoms with Gasteiger partial charge in [0.05, 0.1) is 23.3 Å². The second-order valence-electron chi connectivity index (χ2n) is 7.02. The molecular formula is C21H23F3NO2Si. The van der Waals surface area contributed by atoms with Gasteiger partial charge in [-0.2, -0.15) is 0 Å². The maximum atomic E-state index is 15.5. The van der Waals surface area contributed by atoms with E-state index in [0.717, 1.165) is 0 Å². The summed E-state index contributed by atoms with van der Waals surface area (Å²) in [6.07, 6.45) is -0.477. The molecule has 2 N–H and O–H groups in total. The molecular weight excluding hydrogens is 383 g/mol. The lowest BCUT2D eigenvalue weighted by molar-refractivity contribution is -0.143. The summed E-state index contributed by atoms with van der Waals surface area (Å²) < 4.78 is 49.7. The molecule has 0 aliphatic carbocycles. The normalized spacial score (nSPS) is 13.4. The fourth-order valence-corrected chi connectivity index (χ4v) is 3.81. The Bertz CT molecular complexity index is 942. The summed E-state index contributed by atoms with van der Waals surface area (Å²) in [6, 6.07) is 2.93. The molecule has 3 radical (unpaired) electrons. The summed E-state index contributed by atoms with van der Waals surface area (Å²) in [7, 11) is 3.15. The number of benzene rings is 2. The van der Waals surface area contributed by atoms with Gasteiger partial charge in [0, 0.05) is 16.3 Å². The highest BCUT2D eigenvalue weighted by molar-refractivity contribution is 6.17. The number of carbonyl (C=O) groups excluding carboxylic acids is 1. The first-order chi connectivity index (χ1) is 12.9. The molecule has 0 unspecified atom stereocenters. The monoisotopic (exact) mass is 406 g/mol. The van der Waals surface area contributed by atoms with Crippen LogP contribution in [-0.2, 0) is 14.7 Å². The molecule has 2 aromatic rings. The van der Waals surface area contributed by atoms with Gasteiger partial charge >= 0.3 is 5.97 Å². The number of rotatable bonds is 5. The quantitative estimate of drug-likeness (QED) is 0.597. The largest absolute Gasteiger partial charge is 0.466 e. The molecule has 0 heterocycles. The summed E-state index contributed by atoms with van der Waals surface area (Å²) in [5, 5.41) is -1.83. The van der Waals surface area contributed by atoms with E-state index < -0.39 is 40.6 Å². The van der Waals surface area contributed by atoms with Gasteiger partial charge in [-0.25, -0.2) is 13.2 Å². The zero-order chi connectivity index (χ0) is 21.4. The fraction of sp³-hybridized carbons (Fsp3) is 0.381. The van der Waals surface area contributed by atoms with Crippen molar-refractivity contribution in [2.24, 2.45) is 5.73 Å². The number of halogens is 3. The third-order valence-electron chi connectivity index (χ3n) is 4.70. The number of ether oxygens (including phenoxy) is 1. The van der Waals surface area contributed by atoms with Gasteiger partial charge in [-0.05, 0) is 68.5 Å². The predicted molar refractivity (Wildman–Crippen MR) is 104 cm³/mol. The van der Waals surface area contributed by atoms with Gasteiger partial charge in [0.2, 0.25) is 0 Å². The number of hydrogen-bond donors (Lipinski definition) is 1. The molecule has 149 valence electrons. The lowest BCUT2D eigenvalue weighted by atomic mass is 9.88. The van der Waals surface area contributed by atoms with Crippen molar-refractivity contribution < 1.29 is 22.7 Å². The van der Waals surface area contributed by atoms with E-state index in [0.29, 0.717) is 16.7 Å². The van der Waals surface area contributed by atoms with E-state index in [1.807, 2.05) is 0 Å². The van der Waals surface area contributed by atoms with Crippen LogP contribution in [-0.4, -0.2) is 22.8 Å². The topological polar surface area (TPSA) is 52.3 Å². The van der Waals surface area contributed by atoms with E-state index in [1.165, 1.54) is 13.0 Å². The molecule has 0 fully saturated rings. The van der Waals surface area contributed by atoms with Crippen LogP contribution in [0.3, 0.4) is 0 Å². The van der Waals surface area contributed by atoms with Gasteiger partial charge in [0.15, 0.2) is 0 Å². The maximum absolute atomic E-state index is 15.5. The minimum atomic E-state index is -1.83. The van der Waals surface area contributed by atoms with Crippen molar-refractivity contribution in [1.29, 1.82) is 0 Å². The number of nitrogens with two attached hydrogens (primary N) is 1. The van der Waals surface area contributed by atoms with Gasteiger partial charge in [-0.15, -0.1) is 0 Å². The van der Waals surface area contributed by atoms with E-state index in [-0.39, 0.29) is 23.3 Å². The van der Waals surface area contributed by atoms with Gasteiger partial charge in [0.25, 0.3) is 0 Å². The zero-order valence-electron chi connectivity index (χ0n) is 16.6. The Morgan fingerprint density at radius 3 is 2.18 bits per heavy atom. The van der Waals surface area contributed by atoms with Crippen LogP contribution in [0.15, 0.2) is 12.1 Å². The molecule has 1 atom stereocenters. The molecule has 28 heavy (non-hydrogen) atoms. The Hall–Kier alpha value is -2.12. The highest BCUT2D eigenvalue weighted by atomic mass is 28.1. The predicted octanol–water partition coefficient (Wildman–Crippen LogP) is 4.24. The van der Waals surface area contributed by atoms with Gasteiger partial charge < -0.3 is 10.5 Å². The highest BCUT2D eigenvalue weighted by Gasteiger charge is 2.34. The SMILES string of the molecule is CCOC(=O)C[C@](N)([Si])c1c(F)c(C)cc(-c2c(C)cc(C)c(F)c2C)c1F. The Balaban J connectivity index is 2.76. The lowest BCUT2D eigenvalue weighted by Crippen LogP contribution is -2.42. The van der Waals surface area contributed by atoms with Gasteiger partial charge in [-0.3, -0.25) is 4.79 Å². The molecule has 2 rings (SSSR count). The second-order valence-corrected chi connectivity index (χ2v) is 7.91. The summed E-state index contributed by atoms with van der Waals surface area (Å²) in [5.41, 5.74) is 7.42. The molecule has 0 spiro atoms. The van der Waals surface area contributed by atoms with Gasteiger partial charge in [0.1, 0.15) is 17.5 Å². The molecule has 0 aromatic heterocycles. The zero-order valence-corrected chi connectivity index (χ0v) is 17.6. The van der Waals surface area contributed by atoms with Crippen molar-refractivity contribution in [1.82, 2.24) is 0 Å². The molecule has 0 bridgehead atoms. The highest BCUT2D eigenvalue weighted by Crippen LogP contribution is 2.38. The van der Waals surface area contributed by atoms with Crippen LogP contribution in [0.1, 0.15) is 41.2 Å². The second kappa shape index (κ2) is 8.09. The Morgan fingerprint density at radius 1 is 1.04 bits per heavy atom. The van der Waals surface area contributed by atoms with Crippen molar-refractivity contribution in [3.05, 3.63) is 57.4 Å². The number of carbonyl (C=O) groups is 1. The van der Waals surface area contributed by atoms with Crippen molar-refractivity contribution in [3.8, 4) is 11.1 Å². The Labute approximate surface area is 166 Å². The van der Waals surface area contributed by atoms with Crippen molar-refractivity contribution >= 4 is 16.2 Å². The van der Waals surface area contributed by atoms with Crippen LogP contribution in [0.4, 0.5) is 13.2 Å². The van der Waals surface area contributed by atoms with E-state index in [9.17, 15) is 13.6 Å². The molecule has 0 amide bonds. The van der Waals surface area contributed by atoms with E-state index >= 15 is 4.39 Å². The van der Waals surface area contributed by atoms with Crippen LogP contribution in [0.5, 0.6) is 0 Å². The number of aryl methyl sites for hydroxylation is 3. The summed E-state index contributed by atoms with van der Waals surface area (Å²) in [5.74, 6) is -2.96. The fourth-order valence-electron chi connectivity index (χ4n) is 3.45. The van der Waals surface area contributed by atoms with Crippen LogP contribution in [0.2, 0.25) is 0 Å². The standard InChI is InChI=1S/C21H23F3NO2Si/c1-6-27-15(26)9-21(25,28)17-19(23)12(4)8-14(20(17)24)16-10(2)7-11(3)18(22)13(16)5/h7-8H,6,9,25H2,1-5H3/t21-/m0/s1. The molecule has 0 aliphatic rings. The minimum Gasteiger partial charge on any atom is -0.466 e. The number of hydrogen-bond acceptors (Lipinski definition) is 3. The first-order valence-corrected chi connectivity index (χ1v) is 9.37. The molecule has 0 aliphatic heterocycles. The summed E-state index contributed by atoms with van der Waals surface area (Å²) in [6.45, 7) is 8.10. The van der Waals surface area contributed by atoms with Crippen molar-refractivity contribution in [2.45, 2.75) is 46.2 Å². The summed E-state index contributed by atoms with van der Waals surface area (Å²) >= 11 is 0. The van der Waals surface area contributed by atoms with Crippen LogP contribution in [0.25, 0.3) is 11.1 Å². The first-order valence-electron chi connectivity index (χ1n) is 8.87. The van der Waals surface area contributed by atoms with Crippen molar-refractivity contribution in [2.75, 3.05) is 6.61 Å². The molecule has 0 saturated carbocycles. The van der Waals surface area contributed by atoms with Crippen LogP contribution in [0, 0.1) is 45.1 Å². The number of esters is 1. The third-order valence-corrected chi connectivity index (χ3v) is 5.13. The molecule has 7 heteroatoms. The van der Waals surface area contributed by atoms with E-state index in [1.54, 1.807) is 33.8 Å².